The van der Waals surface area contributed by atoms with Crippen LogP contribution in [0.25, 0.3) is 0 Å². The van der Waals surface area contributed by atoms with Crippen LogP contribution in [-0.2, 0) is 4.79 Å². The van der Waals surface area contributed by atoms with E-state index in [4.69, 9.17) is 0 Å². The molecule has 1 amide bonds. The fourth-order valence-corrected chi connectivity index (χ4v) is 3.09. The molecule has 17 heavy (non-hydrogen) atoms. The summed E-state index contributed by atoms with van der Waals surface area (Å²) in [7, 11) is 1.95. The monoisotopic (exact) mass is 239 g/mol. The van der Waals surface area contributed by atoms with Crippen LogP contribution in [0.5, 0.6) is 0 Å². The standard InChI is InChI=1S/C13H25N3O/c1-3-16-9-5-6-11(16)10-15(2)13(17)12-7-4-8-14-12/h11-12,14H,3-10H2,1-2H3/t11?,12-/m0/s1. The third kappa shape index (κ3) is 2.99. The van der Waals surface area contributed by atoms with Crippen molar-refractivity contribution in [1.82, 2.24) is 15.1 Å². The van der Waals surface area contributed by atoms with Gasteiger partial charge in [-0.1, -0.05) is 6.92 Å². The van der Waals surface area contributed by atoms with E-state index in [1.165, 1.54) is 19.4 Å². The number of hydrogen-bond donors (Lipinski definition) is 1. The first kappa shape index (κ1) is 12.8. The Bertz CT molecular complexity index is 263. The topological polar surface area (TPSA) is 35.6 Å². The Morgan fingerprint density at radius 3 is 2.88 bits per heavy atom. The first-order valence-corrected chi connectivity index (χ1v) is 6.94. The van der Waals surface area contributed by atoms with Crippen molar-refractivity contribution in [3.8, 4) is 0 Å². The summed E-state index contributed by atoms with van der Waals surface area (Å²) in [5.74, 6) is 0.283. The maximum atomic E-state index is 12.2. The average molecular weight is 239 g/mol. The summed E-state index contributed by atoms with van der Waals surface area (Å²) >= 11 is 0. The number of nitrogens with zero attached hydrogens (tertiary/aromatic N) is 2. The second kappa shape index (κ2) is 5.83. The van der Waals surface area contributed by atoms with Gasteiger partial charge in [0, 0.05) is 19.6 Å². The van der Waals surface area contributed by atoms with Gasteiger partial charge in [0.2, 0.25) is 5.91 Å². The molecule has 2 heterocycles. The third-order valence-electron chi connectivity index (χ3n) is 4.12. The molecule has 2 aliphatic heterocycles. The molecule has 2 aliphatic rings. The highest BCUT2D eigenvalue weighted by Crippen LogP contribution is 2.18. The van der Waals surface area contributed by atoms with Crippen molar-refractivity contribution in [3.63, 3.8) is 0 Å². The summed E-state index contributed by atoms with van der Waals surface area (Å²) in [6.07, 6.45) is 4.66. The molecule has 2 atom stereocenters. The number of rotatable bonds is 4. The van der Waals surface area contributed by atoms with Gasteiger partial charge in [-0.15, -0.1) is 0 Å². The predicted octanol–water partition coefficient (Wildman–Crippen LogP) is 0.681. The molecule has 2 saturated heterocycles. The predicted molar refractivity (Wildman–Crippen MR) is 68.9 cm³/mol. The summed E-state index contributed by atoms with van der Waals surface area (Å²) < 4.78 is 0. The van der Waals surface area contributed by atoms with Gasteiger partial charge in [0.1, 0.15) is 0 Å². The number of amides is 1. The molecule has 0 aromatic carbocycles. The van der Waals surface area contributed by atoms with E-state index < -0.39 is 0 Å². The van der Waals surface area contributed by atoms with E-state index >= 15 is 0 Å². The lowest BCUT2D eigenvalue weighted by molar-refractivity contribution is -0.132. The minimum atomic E-state index is 0.0801. The third-order valence-corrected chi connectivity index (χ3v) is 4.12. The van der Waals surface area contributed by atoms with E-state index in [-0.39, 0.29) is 11.9 Å². The highest BCUT2D eigenvalue weighted by Gasteiger charge is 2.29. The second-order valence-electron chi connectivity index (χ2n) is 5.29. The number of likely N-dealkylation sites (tertiary alicyclic amines) is 1. The molecule has 2 rings (SSSR count). The second-order valence-corrected chi connectivity index (χ2v) is 5.29. The molecule has 1 unspecified atom stereocenters. The van der Waals surface area contributed by atoms with Gasteiger partial charge in [-0.3, -0.25) is 9.69 Å². The van der Waals surface area contributed by atoms with Crippen LogP contribution >= 0.6 is 0 Å². The molecule has 1 N–H and O–H groups in total. The summed E-state index contributed by atoms with van der Waals surface area (Å²) in [5, 5.41) is 3.28. The Morgan fingerprint density at radius 1 is 1.41 bits per heavy atom. The molecule has 0 spiro atoms. The van der Waals surface area contributed by atoms with E-state index in [0.29, 0.717) is 6.04 Å². The van der Waals surface area contributed by atoms with E-state index in [2.05, 4.69) is 17.1 Å². The smallest absolute Gasteiger partial charge is 0.239 e. The highest BCUT2D eigenvalue weighted by molar-refractivity contribution is 5.82. The van der Waals surface area contributed by atoms with Crippen LogP contribution in [0.2, 0.25) is 0 Å². The van der Waals surface area contributed by atoms with Crippen molar-refractivity contribution in [2.75, 3.05) is 33.2 Å². The Hall–Kier alpha value is -0.610. The fourth-order valence-electron chi connectivity index (χ4n) is 3.09. The summed E-state index contributed by atoms with van der Waals surface area (Å²) in [6, 6.07) is 0.659. The Labute approximate surface area is 104 Å². The zero-order chi connectivity index (χ0) is 12.3. The number of nitrogens with one attached hydrogen (secondary N) is 1. The molecule has 4 heteroatoms. The lowest BCUT2D eigenvalue weighted by Crippen LogP contribution is -2.47. The largest absolute Gasteiger partial charge is 0.343 e. The van der Waals surface area contributed by atoms with Crippen LogP contribution in [0.3, 0.4) is 0 Å². The highest BCUT2D eigenvalue weighted by atomic mass is 16.2. The van der Waals surface area contributed by atoms with E-state index in [1.807, 2.05) is 11.9 Å². The molecule has 0 aliphatic carbocycles. The molecule has 0 saturated carbocycles. The van der Waals surface area contributed by atoms with Crippen molar-refractivity contribution < 1.29 is 4.79 Å². The molecule has 4 nitrogen and oxygen atoms in total. The van der Waals surface area contributed by atoms with Crippen molar-refractivity contribution in [3.05, 3.63) is 0 Å². The van der Waals surface area contributed by atoms with Crippen LogP contribution in [0.1, 0.15) is 32.6 Å². The lowest BCUT2D eigenvalue weighted by atomic mass is 10.1. The molecule has 0 radical (unpaired) electrons. The van der Waals surface area contributed by atoms with Gasteiger partial charge < -0.3 is 10.2 Å². The van der Waals surface area contributed by atoms with Crippen LogP contribution in [0.15, 0.2) is 0 Å². The minimum Gasteiger partial charge on any atom is -0.343 e. The molecule has 0 aromatic rings. The molecular formula is C13H25N3O. The molecule has 98 valence electrons. The summed E-state index contributed by atoms with van der Waals surface area (Å²) in [4.78, 5) is 16.6. The van der Waals surface area contributed by atoms with Crippen LogP contribution in [0.4, 0.5) is 0 Å². The number of carbonyl (C=O) groups is 1. The summed E-state index contributed by atoms with van der Waals surface area (Å²) in [6.45, 7) is 6.40. The van der Waals surface area contributed by atoms with E-state index in [0.717, 1.165) is 32.5 Å². The van der Waals surface area contributed by atoms with Crippen LogP contribution in [0, 0.1) is 0 Å². The first-order chi connectivity index (χ1) is 8.22. The zero-order valence-electron chi connectivity index (χ0n) is 11.1. The quantitative estimate of drug-likeness (QED) is 0.784. The molecule has 0 aromatic heterocycles. The Morgan fingerprint density at radius 2 is 2.24 bits per heavy atom. The fraction of sp³-hybridized carbons (Fsp3) is 0.923. The van der Waals surface area contributed by atoms with Crippen LogP contribution in [-0.4, -0.2) is 61.0 Å². The normalized spacial score (nSPS) is 29.8. The SMILES string of the molecule is CCN1CCCC1CN(C)C(=O)[C@@H]1CCCN1. The van der Waals surface area contributed by atoms with Gasteiger partial charge in [0.25, 0.3) is 0 Å². The lowest BCUT2D eigenvalue weighted by Gasteiger charge is -2.29. The maximum Gasteiger partial charge on any atom is 0.239 e. The molecule has 0 bridgehead atoms. The first-order valence-electron chi connectivity index (χ1n) is 6.94. The van der Waals surface area contributed by atoms with E-state index in [1.54, 1.807) is 0 Å². The number of carbonyl (C=O) groups excluding carboxylic acids is 1. The number of likely N-dealkylation sites (N-methyl/N-ethyl adjacent to an activating group) is 2. The van der Waals surface area contributed by atoms with Gasteiger partial charge in [0.05, 0.1) is 6.04 Å². The van der Waals surface area contributed by atoms with Crippen molar-refractivity contribution in [1.29, 1.82) is 0 Å². The van der Waals surface area contributed by atoms with Crippen molar-refractivity contribution in [2.45, 2.75) is 44.7 Å². The van der Waals surface area contributed by atoms with Gasteiger partial charge in [0.15, 0.2) is 0 Å². The molecular weight excluding hydrogens is 214 g/mol. The van der Waals surface area contributed by atoms with Crippen LogP contribution < -0.4 is 5.32 Å². The summed E-state index contributed by atoms with van der Waals surface area (Å²) in [5.41, 5.74) is 0. The minimum absolute atomic E-state index is 0.0801. The van der Waals surface area contributed by atoms with Gasteiger partial charge >= 0.3 is 0 Å². The maximum absolute atomic E-state index is 12.2. The zero-order valence-corrected chi connectivity index (χ0v) is 11.1. The molecule has 2 fully saturated rings. The van der Waals surface area contributed by atoms with E-state index in [9.17, 15) is 4.79 Å². The van der Waals surface area contributed by atoms with Gasteiger partial charge in [-0.05, 0) is 45.3 Å². The Balaban J connectivity index is 1.83. The number of hydrogen-bond acceptors (Lipinski definition) is 3. The van der Waals surface area contributed by atoms with Gasteiger partial charge in [-0.2, -0.15) is 0 Å². The average Bonchev–Trinajstić information content (AvgIpc) is 2.98. The Kier molecular flexibility index (Phi) is 4.40. The van der Waals surface area contributed by atoms with Crippen molar-refractivity contribution in [2.24, 2.45) is 0 Å². The van der Waals surface area contributed by atoms with Gasteiger partial charge in [-0.25, -0.2) is 0 Å². The van der Waals surface area contributed by atoms with Crippen molar-refractivity contribution >= 4 is 5.91 Å².